The second-order valence-electron chi connectivity index (χ2n) is 4.13. The van der Waals surface area contributed by atoms with Crippen LogP contribution in [0.1, 0.15) is 41.2 Å². The number of amides is 1. The zero-order chi connectivity index (χ0) is 11.5. The van der Waals surface area contributed by atoms with Crippen molar-refractivity contribution in [1.82, 2.24) is 10.3 Å². The molecule has 1 aromatic rings. The highest BCUT2D eigenvalue weighted by Crippen LogP contribution is 2.24. The van der Waals surface area contributed by atoms with Crippen LogP contribution in [0.2, 0.25) is 0 Å². The predicted molar refractivity (Wildman–Crippen MR) is 69.3 cm³/mol. The molecule has 88 valence electrons. The van der Waals surface area contributed by atoms with Crippen LogP contribution in [0, 0.1) is 6.92 Å². The van der Waals surface area contributed by atoms with Gasteiger partial charge in [0.25, 0.3) is 5.91 Å². The van der Waals surface area contributed by atoms with Crippen molar-refractivity contribution in [2.24, 2.45) is 0 Å². The van der Waals surface area contributed by atoms with Crippen LogP contribution in [0.15, 0.2) is 5.38 Å². The summed E-state index contributed by atoms with van der Waals surface area (Å²) in [4.78, 5) is 16.5. The van der Waals surface area contributed by atoms with Gasteiger partial charge in [-0.25, -0.2) is 4.98 Å². The van der Waals surface area contributed by atoms with Gasteiger partial charge < -0.3 is 5.32 Å². The molecule has 1 heterocycles. The van der Waals surface area contributed by atoms with E-state index in [0.717, 1.165) is 17.8 Å². The number of nitrogens with one attached hydrogen (secondary N) is 1. The minimum atomic E-state index is -0.0410. The van der Waals surface area contributed by atoms with E-state index in [1.807, 2.05) is 12.3 Å². The maximum Gasteiger partial charge on any atom is 0.271 e. The standard InChI is InChI=1S/C11H15BrN2OS/c1-7-13-10(6-16-7)11(15)14-9-5-3-2-4-8(9)12/h6,8-9H,2-5H2,1H3,(H,14,15). The first-order valence-corrected chi connectivity index (χ1v) is 7.33. The molecule has 0 spiro atoms. The number of alkyl halides is 1. The molecule has 1 fully saturated rings. The fourth-order valence-corrected chi connectivity index (χ4v) is 3.27. The van der Waals surface area contributed by atoms with Gasteiger partial charge in [0.05, 0.1) is 5.01 Å². The summed E-state index contributed by atoms with van der Waals surface area (Å²) >= 11 is 5.14. The monoisotopic (exact) mass is 302 g/mol. The Morgan fingerprint density at radius 3 is 2.94 bits per heavy atom. The Balaban J connectivity index is 1.96. The van der Waals surface area contributed by atoms with E-state index in [1.165, 1.54) is 24.2 Å². The number of aromatic nitrogens is 1. The molecule has 0 aliphatic heterocycles. The van der Waals surface area contributed by atoms with E-state index >= 15 is 0 Å². The van der Waals surface area contributed by atoms with Crippen molar-refractivity contribution in [3.8, 4) is 0 Å². The molecule has 1 saturated carbocycles. The third kappa shape index (κ3) is 2.83. The highest BCUT2D eigenvalue weighted by atomic mass is 79.9. The lowest BCUT2D eigenvalue weighted by molar-refractivity contribution is 0.0925. The maximum atomic E-state index is 11.9. The molecule has 0 saturated heterocycles. The number of nitrogens with zero attached hydrogens (tertiary/aromatic N) is 1. The van der Waals surface area contributed by atoms with Gasteiger partial charge in [-0.05, 0) is 19.8 Å². The van der Waals surface area contributed by atoms with E-state index in [9.17, 15) is 4.79 Å². The molecule has 5 heteroatoms. The van der Waals surface area contributed by atoms with E-state index in [-0.39, 0.29) is 11.9 Å². The van der Waals surface area contributed by atoms with Crippen molar-refractivity contribution < 1.29 is 4.79 Å². The minimum Gasteiger partial charge on any atom is -0.347 e. The lowest BCUT2D eigenvalue weighted by Gasteiger charge is -2.27. The molecular formula is C11H15BrN2OS. The van der Waals surface area contributed by atoms with Crippen LogP contribution >= 0.6 is 27.3 Å². The molecule has 2 atom stereocenters. The average Bonchev–Trinajstić information content (AvgIpc) is 2.68. The topological polar surface area (TPSA) is 42.0 Å². The quantitative estimate of drug-likeness (QED) is 0.854. The Kier molecular flexibility index (Phi) is 3.97. The number of aryl methyl sites for hydroxylation is 1. The summed E-state index contributed by atoms with van der Waals surface area (Å²) in [5, 5.41) is 5.81. The molecular weight excluding hydrogens is 288 g/mol. The second kappa shape index (κ2) is 5.27. The van der Waals surface area contributed by atoms with Gasteiger partial charge in [0.15, 0.2) is 0 Å². The van der Waals surface area contributed by atoms with Crippen molar-refractivity contribution in [3.63, 3.8) is 0 Å². The second-order valence-corrected chi connectivity index (χ2v) is 6.37. The Morgan fingerprint density at radius 2 is 2.31 bits per heavy atom. The van der Waals surface area contributed by atoms with Gasteiger partial charge in [0.1, 0.15) is 5.69 Å². The van der Waals surface area contributed by atoms with Gasteiger partial charge in [-0.15, -0.1) is 11.3 Å². The summed E-state index contributed by atoms with van der Waals surface area (Å²) in [7, 11) is 0. The van der Waals surface area contributed by atoms with E-state index < -0.39 is 0 Å². The van der Waals surface area contributed by atoms with Gasteiger partial charge in [-0.1, -0.05) is 28.8 Å². The zero-order valence-corrected chi connectivity index (χ0v) is 11.6. The van der Waals surface area contributed by atoms with E-state index in [2.05, 4.69) is 26.2 Å². The van der Waals surface area contributed by atoms with Crippen molar-refractivity contribution in [2.45, 2.75) is 43.5 Å². The van der Waals surface area contributed by atoms with E-state index in [4.69, 9.17) is 0 Å². The molecule has 1 N–H and O–H groups in total. The highest BCUT2D eigenvalue weighted by molar-refractivity contribution is 9.09. The van der Waals surface area contributed by atoms with Crippen molar-refractivity contribution in [3.05, 3.63) is 16.1 Å². The number of carbonyl (C=O) groups excluding carboxylic acids is 1. The number of carbonyl (C=O) groups is 1. The first-order valence-electron chi connectivity index (χ1n) is 5.54. The molecule has 0 aromatic carbocycles. The van der Waals surface area contributed by atoms with Crippen LogP contribution in [0.4, 0.5) is 0 Å². The van der Waals surface area contributed by atoms with Crippen molar-refractivity contribution in [2.75, 3.05) is 0 Å². The molecule has 1 amide bonds. The Morgan fingerprint density at radius 1 is 1.56 bits per heavy atom. The van der Waals surface area contributed by atoms with E-state index in [1.54, 1.807) is 0 Å². The Hall–Kier alpha value is -0.420. The van der Waals surface area contributed by atoms with Crippen LogP contribution in [-0.4, -0.2) is 21.8 Å². The summed E-state index contributed by atoms with van der Waals surface area (Å²) < 4.78 is 0. The number of thiazole rings is 1. The summed E-state index contributed by atoms with van der Waals surface area (Å²) in [6.45, 7) is 1.91. The summed E-state index contributed by atoms with van der Waals surface area (Å²) in [6, 6.07) is 0.253. The minimum absolute atomic E-state index is 0.0410. The van der Waals surface area contributed by atoms with Crippen LogP contribution in [0.3, 0.4) is 0 Å². The van der Waals surface area contributed by atoms with Gasteiger partial charge in [0, 0.05) is 16.2 Å². The fourth-order valence-electron chi connectivity index (χ4n) is 1.96. The van der Waals surface area contributed by atoms with Gasteiger partial charge in [0.2, 0.25) is 0 Å². The SMILES string of the molecule is Cc1nc(C(=O)NC2CCCCC2Br)cs1. The number of rotatable bonds is 2. The zero-order valence-electron chi connectivity index (χ0n) is 9.20. The molecule has 1 aromatic heterocycles. The lowest BCUT2D eigenvalue weighted by Crippen LogP contribution is -2.42. The molecule has 0 bridgehead atoms. The lowest BCUT2D eigenvalue weighted by atomic mass is 9.95. The van der Waals surface area contributed by atoms with Crippen LogP contribution in [-0.2, 0) is 0 Å². The third-order valence-electron chi connectivity index (χ3n) is 2.85. The van der Waals surface area contributed by atoms with Crippen molar-refractivity contribution in [1.29, 1.82) is 0 Å². The Bertz CT molecular complexity index is 380. The first kappa shape index (κ1) is 12.0. The summed E-state index contributed by atoms with van der Waals surface area (Å²) in [6.07, 6.45) is 4.65. The molecule has 2 rings (SSSR count). The van der Waals surface area contributed by atoms with Gasteiger partial charge >= 0.3 is 0 Å². The number of hydrogen-bond acceptors (Lipinski definition) is 3. The first-order chi connectivity index (χ1) is 7.66. The fraction of sp³-hybridized carbons (Fsp3) is 0.636. The molecule has 0 radical (unpaired) electrons. The molecule has 3 nitrogen and oxygen atoms in total. The molecule has 1 aliphatic carbocycles. The van der Waals surface area contributed by atoms with Gasteiger partial charge in [-0.3, -0.25) is 4.79 Å². The Labute approximate surface area is 108 Å². The number of halogens is 1. The van der Waals surface area contributed by atoms with Crippen LogP contribution in [0.5, 0.6) is 0 Å². The van der Waals surface area contributed by atoms with Gasteiger partial charge in [-0.2, -0.15) is 0 Å². The predicted octanol–water partition coefficient (Wildman–Crippen LogP) is 2.89. The van der Waals surface area contributed by atoms with Crippen molar-refractivity contribution >= 4 is 33.2 Å². The van der Waals surface area contributed by atoms with Crippen LogP contribution < -0.4 is 5.32 Å². The summed E-state index contributed by atoms with van der Waals surface area (Å²) in [5.74, 6) is -0.0410. The molecule has 1 aliphatic rings. The highest BCUT2D eigenvalue weighted by Gasteiger charge is 2.25. The largest absolute Gasteiger partial charge is 0.347 e. The third-order valence-corrected chi connectivity index (χ3v) is 4.72. The number of hydrogen-bond donors (Lipinski definition) is 1. The average molecular weight is 303 g/mol. The smallest absolute Gasteiger partial charge is 0.271 e. The van der Waals surface area contributed by atoms with Crippen LogP contribution in [0.25, 0.3) is 0 Å². The normalized spacial score (nSPS) is 25.4. The maximum absolute atomic E-state index is 11.9. The summed E-state index contributed by atoms with van der Waals surface area (Å²) in [5.41, 5.74) is 0.549. The molecule has 16 heavy (non-hydrogen) atoms. The van der Waals surface area contributed by atoms with E-state index in [0.29, 0.717) is 10.5 Å². The molecule has 2 unspecified atom stereocenters.